The van der Waals surface area contributed by atoms with E-state index in [1.165, 1.54) is 4.68 Å². The van der Waals surface area contributed by atoms with E-state index in [1.807, 2.05) is 42.6 Å². The van der Waals surface area contributed by atoms with Gasteiger partial charge in [-0.25, -0.2) is 19.2 Å². The van der Waals surface area contributed by atoms with Gasteiger partial charge in [0, 0.05) is 37.3 Å². The average molecular weight is 445 g/mol. The predicted molar refractivity (Wildman–Crippen MR) is 117 cm³/mol. The highest BCUT2D eigenvalue weighted by Gasteiger charge is 2.37. The number of hydrogen-bond donors (Lipinski definition) is 1. The van der Waals surface area contributed by atoms with Gasteiger partial charge in [-0.3, -0.25) is 4.79 Å². The van der Waals surface area contributed by atoms with Crippen LogP contribution >= 0.6 is 11.6 Å². The number of fused-ring (bicyclic) bond motifs is 2. The van der Waals surface area contributed by atoms with Gasteiger partial charge in [0.2, 0.25) is 0 Å². The van der Waals surface area contributed by atoms with Gasteiger partial charge in [-0.1, -0.05) is 23.7 Å². The molecule has 1 aliphatic rings. The molecule has 0 saturated carbocycles. The van der Waals surface area contributed by atoms with Crippen molar-refractivity contribution in [2.45, 2.75) is 12.5 Å². The number of carbonyl (C=O) groups is 1. The summed E-state index contributed by atoms with van der Waals surface area (Å²) in [5.74, 6) is 0.353. The molecular weight excluding hydrogens is 428 g/mol. The van der Waals surface area contributed by atoms with Crippen molar-refractivity contribution < 1.29 is 4.79 Å². The van der Waals surface area contributed by atoms with Gasteiger partial charge in [-0.05, 0) is 30.3 Å². The van der Waals surface area contributed by atoms with E-state index in [0.717, 1.165) is 22.6 Å². The molecule has 6 rings (SSSR count). The minimum absolute atomic E-state index is 0.127. The summed E-state index contributed by atoms with van der Waals surface area (Å²) >= 11 is 6.40. The average Bonchev–Trinajstić information content (AvgIpc) is 3.56. The highest BCUT2D eigenvalue weighted by atomic mass is 35.5. The first-order chi connectivity index (χ1) is 15.7. The number of H-pyrrole nitrogens is 1. The van der Waals surface area contributed by atoms with Crippen LogP contribution in [0.5, 0.6) is 0 Å². The minimum Gasteiger partial charge on any atom is -0.348 e. The van der Waals surface area contributed by atoms with E-state index in [4.69, 9.17) is 16.7 Å². The second-order valence-corrected chi connectivity index (χ2v) is 7.88. The van der Waals surface area contributed by atoms with Crippen LogP contribution < -0.4 is 0 Å². The zero-order valence-electron chi connectivity index (χ0n) is 16.8. The minimum atomic E-state index is -0.438. The van der Waals surface area contributed by atoms with Gasteiger partial charge in [0.1, 0.15) is 6.04 Å². The van der Waals surface area contributed by atoms with Crippen LogP contribution in [-0.4, -0.2) is 51.7 Å². The summed E-state index contributed by atoms with van der Waals surface area (Å²) in [4.78, 5) is 27.4. The number of aromatic amines is 1. The molecule has 0 aromatic carbocycles. The molecule has 5 aromatic heterocycles. The molecule has 0 fully saturated rings. The molecule has 32 heavy (non-hydrogen) atoms. The third-order valence-electron chi connectivity index (χ3n) is 5.64. The van der Waals surface area contributed by atoms with E-state index in [9.17, 15) is 4.79 Å². The summed E-state index contributed by atoms with van der Waals surface area (Å²) in [6, 6.07) is 12.9. The quantitative estimate of drug-likeness (QED) is 0.461. The lowest BCUT2D eigenvalue weighted by Gasteiger charge is -2.33. The zero-order chi connectivity index (χ0) is 21.7. The summed E-state index contributed by atoms with van der Waals surface area (Å²) in [5, 5.41) is 9.14. The van der Waals surface area contributed by atoms with E-state index in [2.05, 4.69) is 20.1 Å². The van der Waals surface area contributed by atoms with E-state index in [1.54, 1.807) is 34.2 Å². The summed E-state index contributed by atoms with van der Waals surface area (Å²) in [7, 11) is 0. The Bertz CT molecular complexity index is 1400. The van der Waals surface area contributed by atoms with Crippen LogP contribution in [0.2, 0.25) is 5.15 Å². The first-order valence-corrected chi connectivity index (χ1v) is 10.5. The van der Waals surface area contributed by atoms with Crippen LogP contribution in [-0.2, 0) is 6.42 Å². The fourth-order valence-electron chi connectivity index (χ4n) is 4.14. The first kappa shape index (κ1) is 18.8. The van der Waals surface area contributed by atoms with Crippen molar-refractivity contribution in [3.05, 3.63) is 95.2 Å². The van der Waals surface area contributed by atoms with Gasteiger partial charge < -0.3 is 9.88 Å². The number of rotatable bonds is 3. The third-order valence-corrected chi connectivity index (χ3v) is 5.92. The molecule has 1 aliphatic heterocycles. The molecule has 10 heteroatoms. The van der Waals surface area contributed by atoms with Gasteiger partial charge in [0.15, 0.2) is 11.0 Å². The summed E-state index contributed by atoms with van der Waals surface area (Å²) < 4.78 is 3.31. The molecule has 6 heterocycles. The number of nitrogens with one attached hydrogen (secondary N) is 1. The fraction of sp³-hybridized carbons (Fsp3) is 0.136. The molecule has 0 saturated heterocycles. The molecule has 0 aliphatic carbocycles. The van der Waals surface area contributed by atoms with Crippen molar-refractivity contribution in [1.82, 2.24) is 39.2 Å². The van der Waals surface area contributed by atoms with Crippen LogP contribution in [0.4, 0.5) is 0 Å². The SMILES string of the molecule is O=C(c1cn(-c2ccccn2)nc1Cl)N1CCc2[nH]cnc2C1c1cc2ccccn2n1. The van der Waals surface area contributed by atoms with E-state index >= 15 is 0 Å². The molecule has 0 bridgehead atoms. The number of halogens is 1. The Balaban J connectivity index is 1.43. The number of nitrogens with zero attached hydrogens (tertiary/aromatic N) is 7. The van der Waals surface area contributed by atoms with Crippen LogP contribution in [0.3, 0.4) is 0 Å². The maximum atomic E-state index is 13.7. The molecule has 0 spiro atoms. The van der Waals surface area contributed by atoms with E-state index in [0.29, 0.717) is 24.3 Å². The predicted octanol–water partition coefficient (Wildman–Crippen LogP) is 3.08. The lowest BCUT2D eigenvalue weighted by molar-refractivity contribution is 0.0687. The third kappa shape index (κ3) is 2.97. The van der Waals surface area contributed by atoms with Crippen molar-refractivity contribution in [2.75, 3.05) is 6.54 Å². The molecule has 1 atom stereocenters. The summed E-state index contributed by atoms with van der Waals surface area (Å²) in [6.45, 7) is 0.498. The maximum absolute atomic E-state index is 13.7. The lowest BCUT2D eigenvalue weighted by atomic mass is 9.99. The molecule has 158 valence electrons. The first-order valence-electron chi connectivity index (χ1n) is 10.1. The number of pyridine rings is 2. The normalized spacial score (nSPS) is 15.8. The van der Waals surface area contributed by atoms with Crippen LogP contribution in [0, 0.1) is 0 Å². The lowest BCUT2D eigenvalue weighted by Crippen LogP contribution is -2.41. The molecule has 1 amide bonds. The smallest absolute Gasteiger partial charge is 0.259 e. The fourth-order valence-corrected chi connectivity index (χ4v) is 4.36. The molecule has 9 nitrogen and oxygen atoms in total. The van der Waals surface area contributed by atoms with Crippen LogP contribution in [0.25, 0.3) is 11.3 Å². The van der Waals surface area contributed by atoms with E-state index in [-0.39, 0.29) is 11.1 Å². The second-order valence-electron chi connectivity index (χ2n) is 7.52. The summed E-state index contributed by atoms with van der Waals surface area (Å²) in [5.41, 5.74) is 3.79. The van der Waals surface area contributed by atoms with Gasteiger partial charge in [0.05, 0.1) is 28.8 Å². The van der Waals surface area contributed by atoms with Crippen molar-refractivity contribution in [2.24, 2.45) is 0 Å². The largest absolute Gasteiger partial charge is 0.348 e. The number of hydrogen-bond acceptors (Lipinski definition) is 5. The Hall–Kier alpha value is -3.98. The number of aromatic nitrogens is 7. The molecule has 1 unspecified atom stereocenters. The number of carbonyl (C=O) groups excluding carboxylic acids is 1. The Labute approximate surface area is 187 Å². The van der Waals surface area contributed by atoms with Gasteiger partial charge in [-0.2, -0.15) is 10.2 Å². The standard InChI is InChI=1S/C22H17ClN8O/c23-21-15(12-31(28-21)18-6-1-3-8-24-18)22(32)29-10-7-16-19(26-13-25-16)20(29)17-11-14-5-2-4-9-30(14)27-17/h1-6,8-9,11-13,20H,7,10H2,(H,25,26). The second kappa shape index (κ2) is 7.31. The van der Waals surface area contributed by atoms with E-state index < -0.39 is 6.04 Å². The van der Waals surface area contributed by atoms with Crippen LogP contribution in [0.15, 0.2) is 67.4 Å². The molecular formula is C22H17ClN8O. The maximum Gasteiger partial charge on any atom is 0.259 e. The Morgan fingerprint density at radius 2 is 2.03 bits per heavy atom. The molecule has 0 radical (unpaired) electrons. The summed E-state index contributed by atoms with van der Waals surface area (Å²) in [6.07, 6.45) is 7.49. The zero-order valence-corrected chi connectivity index (χ0v) is 17.5. The Kier molecular flexibility index (Phi) is 4.29. The van der Waals surface area contributed by atoms with Gasteiger partial charge >= 0.3 is 0 Å². The highest BCUT2D eigenvalue weighted by molar-refractivity contribution is 6.32. The van der Waals surface area contributed by atoms with Gasteiger partial charge in [0.25, 0.3) is 5.91 Å². The monoisotopic (exact) mass is 444 g/mol. The van der Waals surface area contributed by atoms with Crippen molar-refractivity contribution in [3.63, 3.8) is 0 Å². The number of imidazole rings is 1. The van der Waals surface area contributed by atoms with Crippen molar-refractivity contribution in [3.8, 4) is 5.82 Å². The Morgan fingerprint density at radius 1 is 1.12 bits per heavy atom. The topological polar surface area (TPSA) is 97.0 Å². The molecule has 5 aromatic rings. The number of amides is 1. The van der Waals surface area contributed by atoms with Gasteiger partial charge in [-0.15, -0.1) is 0 Å². The molecule has 1 N–H and O–H groups in total. The highest BCUT2D eigenvalue weighted by Crippen LogP contribution is 2.35. The Morgan fingerprint density at radius 3 is 2.88 bits per heavy atom. The van der Waals surface area contributed by atoms with Crippen LogP contribution in [0.1, 0.15) is 33.5 Å². The van der Waals surface area contributed by atoms with Crippen molar-refractivity contribution >= 4 is 23.0 Å². The van der Waals surface area contributed by atoms with Crippen molar-refractivity contribution in [1.29, 1.82) is 0 Å².